The second kappa shape index (κ2) is 8.58. The van der Waals surface area contributed by atoms with Crippen LogP contribution in [0.15, 0.2) is 48.7 Å². The third kappa shape index (κ3) is 3.71. The summed E-state index contributed by atoms with van der Waals surface area (Å²) in [5.74, 6) is -0.247. The lowest BCUT2D eigenvalue weighted by atomic mass is 9.91. The zero-order valence-electron chi connectivity index (χ0n) is 18.7. The number of nitrogen functional groups attached to an aromatic ring is 1. The Morgan fingerprint density at radius 1 is 1.29 bits per heavy atom. The number of aromatic nitrogens is 2. The summed E-state index contributed by atoms with van der Waals surface area (Å²) >= 11 is 6.21. The summed E-state index contributed by atoms with van der Waals surface area (Å²) in [6, 6.07) is 10.9. The Kier molecular flexibility index (Phi) is 5.69. The largest absolute Gasteiger partial charge is 0.478 e. The van der Waals surface area contributed by atoms with Crippen molar-refractivity contribution in [3.63, 3.8) is 0 Å². The number of piperidine rings is 1. The summed E-state index contributed by atoms with van der Waals surface area (Å²) in [5.41, 5.74) is 12.9. The van der Waals surface area contributed by atoms with Crippen LogP contribution in [0.2, 0.25) is 5.02 Å². The maximum atomic E-state index is 14.6. The number of carboxylic acids is 1. The summed E-state index contributed by atoms with van der Waals surface area (Å²) in [6.45, 7) is 1.72. The number of anilines is 2. The Morgan fingerprint density at radius 2 is 2.06 bits per heavy atom. The van der Waals surface area contributed by atoms with Crippen LogP contribution >= 0.6 is 11.6 Å². The van der Waals surface area contributed by atoms with Crippen LogP contribution < -0.4 is 16.4 Å². The lowest BCUT2D eigenvalue weighted by molar-refractivity contribution is 0.0697. The van der Waals surface area contributed by atoms with E-state index in [1.54, 1.807) is 12.3 Å². The van der Waals surface area contributed by atoms with Crippen LogP contribution in [-0.2, 0) is 5.41 Å². The van der Waals surface area contributed by atoms with Crippen molar-refractivity contribution in [1.29, 1.82) is 5.41 Å². The Bertz CT molecular complexity index is 1350. The van der Waals surface area contributed by atoms with Crippen LogP contribution in [0.1, 0.15) is 33.6 Å². The van der Waals surface area contributed by atoms with Gasteiger partial charge in [0.15, 0.2) is 5.82 Å². The maximum absolute atomic E-state index is 14.6. The van der Waals surface area contributed by atoms with E-state index in [-0.39, 0.29) is 50.5 Å². The van der Waals surface area contributed by atoms with Gasteiger partial charge in [0.1, 0.15) is 17.3 Å². The van der Waals surface area contributed by atoms with Crippen molar-refractivity contribution in [2.24, 2.45) is 17.6 Å². The Hall–Kier alpha value is -3.56. The number of nitrogens with one attached hydrogen (secondary N) is 1. The number of aromatic carboxylic acids is 1. The number of hydrogen-bond acceptors (Lipinski definition) is 7. The molecular weight excluding hydrogens is 471 g/mol. The molecule has 2 aromatic carbocycles. The predicted octanol–water partition coefficient (Wildman–Crippen LogP) is 3.32. The minimum atomic E-state index is -1.13. The molecule has 6 N–H and O–H groups in total. The SMILES string of the molecule is N=C(c1cc(C(=O)O)ccc1Cl)c1ncc(N2CC[C@@H]3[C@H](C2)[C@@]3(CN)c2ccccc2F)nc1N. The number of halogens is 2. The van der Waals surface area contributed by atoms with Crippen LogP contribution in [-0.4, -0.2) is 46.4 Å². The number of nitrogens with zero attached hydrogens (tertiary/aromatic N) is 3. The minimum Gasteiger partial charge on any atom is -0.478 e. The van der Waals surface area contributed by atoms with Gasteiger partial charge < -0.3 is 21.5 Å². The number of rotatable bonds is 6. The van der Waals surface area contributed by atoms with Gasteiger partial charge in [-0.1, -0.05) is 29.8 Å². The molecule has 2 aliphatic rings. The van der Waals surface area contributed by atoms with Crippen LogP contribution in [0, 0.1) is 23.1 Å². The number of carbonyl (C=O) groups is 1. The van der Waals surface area contributed by atoms with E-state index in [9.17, 15) is 14.3 Å². The smallest absolute Gasteiger partial charge is 0.335 e. The lowest BCUT2D eigenvalue weighted by Gasteiger charge is -2.27. The molecule has 10 heteroatoms. The highest BCUT2D eigenvalue weighted by molar-refractivity contribution is 6.35. The van der Waals surface area contributed by atoms with E-state index in [4.69, 9.17) is 28.5 Å². The molecule has 35 heavy (non-hydrogen) atoms. The molecule has 1 aromatic heterocycles. The molecule has 180 valence electrons. The van der Waals surface area contributed by atoms with Crippen LogP contribution in [0.25, 0.3) is 0 Å². The van der Waals surface area contributed by atoms with Gasteiger partial charge in [-0.2, -0.15) is 0 Å². The first-order valence-corrected chi connectivity index (χ1v) is 11.6. The van der Waals surface area contributed by atoms with Crippen molar-refractivity contribution in [3.8, 4) is 0 Å². The number of nitrogens with two attached hydrogens (primary N) is 2. The fourth-order valence-corrected chi connectivity index (χ4v) is 5.76. The Morgan fingerprint density at radius 3 is 2.74 bits per heavy atom. The van der Waals surface area contributed by atoms with Crippen LogP contribution in [0.4, 0.5) is 16.0 Å². The topological polar surface area (TPSA) is 142 Å². The van der Waals surface area contributed by atoms with Crippen molar-refractivity contribution in [2.75, 3.05) is 30.3 Å². The third-order valence-corrected chi connectivity index (χ3v) is 7.70. The van der Waals surface area contributed by atoms with Gasteiger partial charge in [-0.15, -0.1) is 0 Å². The van der Waals surface area contributed by atoms with Gasteiger partial charge >= 0.3 is 5.97 Å². The molecule has 0 amide bonds. The molecule has 1 aliphatic carbocycles. The molecule has 1 saturated carbocycles. The normalized spacial score (nSPS) is 23.0. The molecule has 2 heterocycles. The van der Waals surface area contributed by atoms with E-state index < -0.39 is 5.97 Å². The molecule has 1 aliphatic heterocycles. The zero-order valence-corrected chi connectivity index (χ0v) is 19.5. The van der Waals surface area contributed by atoms with E-state index in [2.05, 4.69) is 14.9 Å². The highest BCUT2D eigenvalue weighted by Gasteiger charge is 2.66. The fourth-order valence-electron chi connectivity index (χ4n) is 5.55. The van der Waals surface area contributed by atoms with E-state index >= 15 is 0 Å². The van der Waals surface area contributed by atoms with Crippen molar-refractivity contribution < 1.29 is 14.3 Å². The Labute approximate surface area is 206 Å². The zero-order chi connectivity index (χ0) is 24.9. The molecule has 3 atom stereocenters. The highest BCUT2D eigenvalue weighted by Crippen LogP contribution is 2.63. The van der Waals surface area contributed by atoms with E-state index in [1.807, 2.05) is 12.1 Å². The molecule has 0 bridgehead atoms. The van der Waals surface area contributed by atoms with E-state index in [0.29, 0.717) is 36.9 Å². The average Bonchev–Trinajstić information content (AvgIpc) is 3.51. The minimum absolute atomic E-state index is 0.00263. The van der Waals surface area contributed by atoms with Gasteiger partial charge in [-0.3, -0.25) is 5.41 Å². The Balaban J connectivity index is 1.39. The first kappa shape index (κ1) is 23.2. The molecular formula is C25H24ClFN6O2. The quantitative estimate of drug-likeness (QED) is 0.385. The summed E-state index contributed by atoms with van der Waals surface area (Å²) in [5, 5.41) is 18.0. The standard InChI is InChI=1S/C25H24ClFN6O2/c26-18-6-5-13(24(34)35)9-14(18)21(29)22-23(30)32-20(10-31-22)33-8-7-15-17(11-33)25(15,12-28)16-3-1-2-4-19(16)27/h1-6,9-10,15,17,29H,7-8,11-12,28H2,(H2,30,32)(H,34,35)/t15-,17+,25-/m1/s1. The molecule has 5 rings (SSSR count). The molecule has 3 aromatic rings. The van der Waals surface area contributed by atoms with Gasteiger partial charge in [-0.25, -0.2) is 19.2 Å². The summed E-state index contributed by atoms with van der Waals surface area (Å²) in [4.78, 5) is 22.2. The second-order valence-electron chi connectivity index (χ2n) is 9.01. The number of fused-ring (bicyclic) bond motifs is 1. The number of benzene rings is 2. The van der Waals surface area contributed by atoms with Gasteiger partial charge in [0.2, 0.25) is 0 Å². The van der Waals surface area contributed by atoms with Gasteiger partial charge in [0.25, 0.3) is 0 Å². The third-order valence-electron chi connectivity index (χ3n) is 7.37. The van der Waals surface area contributed by atoms with Crippen LogP contribution in [0.3, 0.4) is 0 Å². The molecule has 0 spiro atoms. The van der Waals surface area contributed by atoms with Crippen molar-refractivity contribution in [2.45, 2.75) is 11.8 Å². The molecule has 2 fully saturated rings. The molecule has 1 saturated heterocycles. The number of hydrogen-bond donors (Lipinski definition) is 4. The first-order chi connectivity index (χ1) is 16.8. The maximum Gasteiger partial charge on any atom is 0.335 e. The van der Waals surface area contributed by atoms with Crippen LogP contribution in [0.5, 0.6) is 0 Å². The fraction of sp³-hybridized carbons (Fsp3) is 0.280. The van der Waals surface area contributed by atoms with Crippen molar-refractivity contribution in [3.05, 3.63) is 81.9 Å². The average molecular weight is 495 g/mol. The monoisotopic (exact) mass is 494 g/mol. The van der Waals surface area contributed by atoms with Crippen molar-refractivity contribution >= 4 is 34.9 Å². The van der Waals surface area contributed by atoms with Gasteiger partial charge in [0.05, 0.1) is 22.5 Å². The van der Waals surface area contributed by atoms with Crippen molar-refractivity contribution in [1.82, 2.24) is 9.97 Å². The first-order valence-electron chi connectivity index (χ1n) is 11.2. The van der Waals surface area contributed by atoms with E-state index in [1.165, 1.54) is 24.3 Å². The summed E-state index contributed by atoms with van der Waals surface area (Å²) in [7, 11) is 0. The molecule has 0 radical (unpaired) electrons. The highest BCUT2D eigenvalue weighted by atomic mass is 35.5. The molecule has 0 unspecified atom stereocenters. The predicted molar refractivity (Wildman–Crippen MR) is 132 cm³/mol. The molecule has 8 nitrogen and oxygen atoms in total. The lowest BCUT2D eigenvalue weighted by Crippen LogP contribution is -2.33. The number of carboxylic acid groups (broad SMARTS) is 1. The van der Waals surface area contributed by atoms with E-state index in [0.717, 1.165) is 6.42 Å². The summed E-state index contributed by atoms with van der Waals surface area (Å²) < 4.78 is 14.6. The summed E-state index contributed by atoms with van der Waals surface area (Å²) in [6.07, 6.45) is 2.39. The second-order valence-corrected chi connectivity index (χ2v) is 9.42. The van der Waals surface area contributed by atoms with Gasteiger partial charge in [0, 0.05) is 30.6 Å². The van der Waals surface area contributed by atoms with Gasteiger partial charge in [-0.05, 0) is 48.1 Å².